The Morgan fingerprint density at radius 1 is 1.29 bits per heavy atom. The Labute approximate surface area is 130 Å². The summed E-state index contributed by atoms with van der Waals surface area (Å²) >= 11 is 0. The lowest BCUT2D eigenvalue weighted by Crippen LogP contribution is -2.40. The molecule has 3 heteroatoms. The molecule has 0 bridgehead atoms. The first-order valence-corrected chi connectivity index (χ1v) is 9.20. The fourth-order valence-corrected chi connectivity index (χ4v) is 4.13. The topological polar surface area (TPSA) is 41.1 Å². The van der Waals surface area contributed by atoms with Crippen molar-refractivity contribution in [3.63, 3.8) is 0 Å². The second-order valence-corrected chi connectivity index (χ2v) is 7.30. The number of carbonyl (C=O) groups is 1. The van der Waals surface area contributed by atoms with Crippen LogP contribution in [0.1, 0.15) is 71.6 Å². The van der Waals surface area contributed by atoms with Crippen molar-refractivity contribution in [2.45, 2.75) is 77.7 Å². The SMILES string of the molecule is CCCCC1CCCC1NC(=O)CC(C)C1CCCNC1. The number of nitrogens with one attached hydrogen (secondary N) is 2. The summed E-state index contributed by atoms with van der Waals surface area (Å²) in [6, 6.07) is 0.459. The van der Waals surface area contributed by atoms with Crippen molar-refractivity contribution >= 4 is 5.91 Å². The molecule has 1 saturated carbocycles. The third-order valence-electron chi connectivity index (χ3n) is 5.58. The predicted molar refractivity (Wildman–Crippen MR) is 88.2 cm³/mol. The van der Waals surface area contributed by atoms with Gasteiger partial charge in [-0.25, -0.2) is 0 Å². The molecule has 0 aromatic carbocycles. The van der Waals surface area contributed by atoms with Gasteiger partial charge in [-0.1, -0.05) is 33.1 Å². The first kappa shape index (κ1) is 16.8. The number of hydrogen-bond donors (Lipinski definition) is 2. The van der Waals surface area contributed by atoms with Crippen LogP contribution in [0.25, 0.3) is 0 Å². The van der Waals surface area contributed by atoms with Gasteiger partial charge >= 0.3 is 0 Å². The minimum Gasteiger partial charge on any atom is -0.353 e. The average molecular weight is 294 g/mol. The van der Waals surface area contributed by atoms with Crippen molar-refractivity contribution in [3.05, 3.63) is 0 Å². The summed E-state index contributed by atoms with van der Waals surface area (Å²) < 4.78 is 0. The number of amides is 1. The van der Waals surface area contributed by atoms with E-state index in [9.17, 15) is 4.79 Å². The van der Waals surface area contributed by atoms with Crippen molar-refractivity contribution in [1.29, 1.82) is 0 Å². The Morgan fingerprint density at radius 3 is 2.86 bits per heavy atom. The molecule has 2 fully saturated rings. The highest BCUT2D eigenvalue weighted by Gasteiger charge is 2.29. The fraction of sp³-hybridized carbons (Fsp3) is 0.944. The van der Waals surface area contributed by atoms with Crippen LogP contribution in [-0.2, 0) is 4.79 Å². The quantitative estimate of drug-likeness (QED) is 0.754. The fourth-order valence-electron chi connectivity index (χ4n) is 4.13. The maximum Gasteiger partial charge on any atom is 0.220 e. The summed E-state index contributed by atoms with van der Waals surface area (Å²) in [7, 11) is 0. The molecule has 122 valence electrons. The van der Waals surface area contributed by atoms with E-state index in [1.807, 2.05) is 0 Å². The highest BCUT2D eigenvalue weighted by Crippen LogP contribution is 2.30. The zero-order valence-electron chi connectivity index (χ0n) is 14.0. The number of rotatable bonds is 7. The molecule has 0 radical (unpaired) electrons. The molecule has 4 atom stereocenters. The lowest BCUT2D eigenvalue weighted by molar-refractivity contribution is -0.123. The molecule has 21 heavy (non-hydrogen) atoms. The monoisotopic (exact) mass is 294 g/mol. The van der Waals surface area contributed by atoms with Crippen molar-refractivity contribution < 1.29 is 4.79 Å². The molecule has 3 nitrogen and oxygen atoms in total. The molecule has 1 aliphatic carbocycles. The largest absolute Gasteiger partial charge is 0.353 e. The van der Waals surface area contributed by atoms with Crippen LogP contribution in [0, 0.1) is 17.8 Å². The number of piperidine rings is 1. The Kier molecular flexibility index (Phi) is 7.01. The van der Waals surface area contributed by atoms with Gasteiger partial charge in [-0.3, -0.25) is 4.79 Å². The third kappa shape index (κ3) is 5.28. The summed E-state index contributed by atoms with van der Waals surface area (Å²) in [6.45, 7) is 6.75. The maximum atomic E-state index is 12.3. The van der Waals surface area contributed by atoms with Crippen LogP contribution in [0.4, 0.5) is 0 Å². The molecule has 1 heterocycles. The Hall–Kier alpha value is -0.570. The van der Waals surface area contributed by atoms with E-state index in [1.165, 1.54) is 51.4 Å². The number of hydrogen-bond acceptors (Lipinski definition) is 2. The van der Waals surface area contributed by atoms with E-state index < -0.39 is 0 Å². The van der Waals surface area contributed by atoms with Crippen molar-refractivity contribution in [3.8, 4) is 0 Å². The molecule has 0 spiro atoms. The van der Waals surface area contributed by atoms with E-state index in [4.69, 9.17) is 0 Å². The molecule has 1 amide bonds. The number of carbonyl (C=O) groups excluding carboxylic acids is 1. The molecule has 4 unspecified atom stereocenters. The van der Waals surface area contributed by atoms with E-state index >= 15 is 0 Å². The van der Waals surface area contributed by atoms with Crippen LogP contribution in [0.15, 0.2) is 0 Å². The molecule has 1 aliphatic heterocycles. The highest BCUT2D eigenvalue weighted by molar-refractivity contribution is 5.76. The van der Waals surface area contributed by atoms with Crippen LogP contribution < -0.4 is 10.6 Å². The Bertz CT molecular complexity index is 312. The first-order chi connectivity index (χ1) is 10.2. The van der Waals surface area contributed by atoms with Gasteiger partial charge in [0.05, 0.1) is 0 Å². The summed E-state index contributed by atoms with van der Waals surface area (Å²) in [5.41, 5.74) is 0. The van der Waals surface area contributed by atoms with E-state index in [0.29, 0.717) is 30.2 Å². The van der Waals surface area contributed by atoms with Gasteiger partial charge in [0.1, 0.15) is 0 Å². The molecule has 0 aromatic heterocycles. The zero-order valence-corrected chi connectivity index (χ0v) is 14.0. The van der Waals surface area contributed by atoms with Crippen LogP contribution in [0.3, 0.4) is 0 Å². The lowest BCUT2D eigenvalue weighted by Gasteiger charge is -2.29. The van der Waals surface area contributed by atoms with Crippen molar-refractivity contribution in [2.75, 3.05) is 13.1 Å². The van der Waals surface area contributed by atoms with Crippen LogP contribution >= 0.6 is 0 Å². The van der Waals surface area contributed by atoms with E-state index in [2.05, 4.69) is 24.5 Å². The molecule has 2 rings (SSSR count). The molecule has 2 N–H and O–H groups in total. The van der Waals surface area contributed by atoms with Crippen LogP contribution in [-0.4, -0.2) is 25.0 Å². The van der Waals surface area contributed by atoms with Gasteiger partial charge in [0.2, 0.25) is 5.91 Å². The van der Waals surface area contributed by atoms with E-state index in [1.54, 1.807) is 0 Å². The summed E-state index contributed by atoms with van der Waals surface area (Å²) in [5.74, 6) is 2.22. The Balaban J connectivity index is 1.72. The summed E-state index contributed by atoms with van der Waals surface area (Å²) in [5, 5.41) is 6.81. The van der Waals surface area contributed by atoms with E-state index in [-0.39, 0.29) is 0 Å². The van der Waals surface area contributed by atoms with Gasteiger partial charge in [-0.05, 0) is 62.9 Å². The van der Waals surface area contributed by atoms with Gasteiger partial charge < -0.3 is 10.6 Å². The maximum absolute atomic E-state index is 12.3. The normalized spacial score (nSPS) is 31.0. The Morgan fingerprint density at radius 2 is 2.14 bits per heavy atom. The lowest BCUT2D eigenvalue weighted by atomic mass is 9.85. The van der Waals surface area contributed by atoms with Crippen LogP contribution in [0.5, 0.6) is 0 Å². The van der Waals surface area contributed by atoms with E-state index in [0.717, 1.165) is 19.0 Å². The minimum atomic E-state index is 0.293. The smallest absolute Gasteiger partial charge is 0.220 e. The van der Waals surface area contributed by atoms with Gasteiger partial charge in [0.15, 0.2) is 0 Å². The summed E-state index contributed by atoms with van der Waals surface area (Å²) in [4.78, 5) is 12.3. The number of unbranched alkanes of at least 4 members (excludes halogenated alkanes) is 1. The second kappa shape index (κ2) is 8.77. The average Bonchev–Trinajstić information content (AvgIpc) is 2.93. The first-order valence-electron chi connectivity index (χ1n) is 9.20. The van der Waals surface area contributed by atoms with Gasteiger partial charge in [0.25, 0.3) is 0 Å². The molecule has 0 aromatic rings. The summed E-state index contributed by atoms with van der Waals surface area (Å²) in [6.07, 6.45) is 10.9. The van der Waals surface area contributed by atoms with Gasteiger partial charge in [0, 0.05) is 12.5 Å². The zero-order chi connectivity index (χ0) is 15.1. The predicted octanol–water partition coefficient (Wildman–Crippen LogP) is 3.49. The second-order valence-electron chi connectivity index (χ2n) is 7.30. The molecule has 2 aliphatic rings. The molecule has 1 saturated heterocycles. The van der Waals surface area contributed by atoms with Crippen molar-refractivity contribution in [2.24, 2.45) is 17.8 Å². The molecular weight excluding hydrogens is 260 g/mol. The molecular formula is C18H34N2O. The highest BCUT2D eigenvalue weighted by atomic mass is 16.1. The van der Waals surface area contributed by atoms with Crippen LogP contribution in [0.2, 0.25) is 0 Å². The van der Waals surface area contributed by atoms with Gasteiger partial charge in [-0.2, -0.15) is 0 Å². The third-order valence-corrected chi connectivity index (χ3v) is 5.58. The standard InChI is InChI=1S/C18H34N2O/c1-3-4-7-15-8-5-10-17(15)20-18(21)12-14(2)16-9-6-11-19-13-16/h14-17,19H,3-13H2,1-2H3,(H,20,21). The minimum absolute atomic E-state index is 0.293. The van der Waals surface area contributed by atoms with Gasteiger partial charge in [-0.15, -0.1) is 0 Å². The van der Waals surface area contributed by atoms with Crippen molar-refractivity contribution in [1.82, 2.24) is 10.6 Å².